The van der Waals surface area contributed by atoms with E-state index in [1.807, 2.05) is 6.07 Å². The highest BCUT2D eigenvalue weighted by atomic mass is 16.5. The predicted molar refractivity (Wildman–Crippen MR) is 76.2 cm³/mol. The molecule has 0 aromatic carbocycles. The first-order valence-corrected chi connectivity index (χ1v) is 6.80. The van der Waals surface area contributed by atoms with Crippen molar-refractivity contribution >= 4 is 5.82 Å². The van der Waals surface area contributed by atoms with Gasteiger partial charge in [-0.05, 0) is 18.9 Å². The van der Waals surface area contributed by atoms with Gasteiger partial charge in [-0.15, -0.1) is 0 Å². The van der Waals surface area contributed by atoms with Crippen molar-refractivity contribution in [1.29, 1.82) is 5.26 Å². The number of rotatable bonds is 3. The number of nitrogen functional groups attached to an aromatic ring is 1. The van der Waals surface area contributed by atoms with Crippen molar-refractivity contribution in [2.24, 2.45) is 0 Å². The van der Waals surface area contributed by atoms with Crippen LogP contribution < -0.4 is 5.73 Å². The van der Waals surface area contributed by atoms with E-state index in [9.17, 15) is 0 Å². The minimum Gasteiger partial charge on any atom is -0.383 e. The second kappa shape index (κ2) is 4.66. The third kappa shape index (κ3) is 2.09. The van der Waals surface area contributed by atoms with Gasteiger partial charge in [0.15, 0.2) is 0 Å². The molecular formula is C14H11N7O. The fourth-order valence-corrected chi connectivity index (χ4v) is 2.14. The van der Waals surface area contributed by atoms with Gasteiger partial charge in [-0.25, -0.2) is 9.97 Å². The molecule has 1 aliphatic carbocycles. The molecule has 0 bridgehead atoms. The first kappa shape index (κ1) is 12.5. The smallest absolute Gasteiger partial charge is 0.274 e. The third-order valence-electron chi connectivity index (χ3n) is 3.49. The minimum atomic E-state index is 0.280. The molecule has 8 nitrogen and oxygen atoms in total. The molecule has 0 spiro atoms. The molecule has 1 fully saturated rings. The second-order valence-electron chi connectivity index (χ2n) is 5.14. The number of hydrogen-bond donors (Lipinski definition) is 2. The van der Waals surface area contributed by atoms with Crippen LogP contribution in [-0.4, -0.2) is 25.1 Å². The van der Waals surface area contributed by atoms with Crippen molar-refractivity contribution in [2.45, 2.75) is 18.8 Å². The molecule has 1 saturated carbocycles. The van der Waals surface area contributed by atoms with E-state index in [1.54, 1.807) is 18.5 Å². The fourth-order valence-electron chi connectivity index (χ4n) is 2.14. The zero-order chi connectivity index (χ0) is 15.1. The van der Waals surface area contributed by atoms with Crippen LogP contribution in [0.4, 0.5) is 5.82 Å². The Hall–Kier alpha value is -3.21. The Bertz CT molecular complexity index is 885. The van der Waals surface area contributed by atoms with Gasteiger partial charge in [0.1, 0.15) is 23.4 Å². The SMILES string of the molecule is N#Cc1c[nH]c(-c2nc(-c3cnc(C4CC4)nc3N)no2)c1. The van der Waals surface area contributed by atoms with Crippen LogP contribution in [-0.2, 0) is 0 Å². The largest absolute Gasteiger partial charge is 0.383 e. The van der Waals surface area contributed by atoms with E-state index >= 15 is 0 Å². The van der Waals surface area contributed by atoms with Gasteiger partial charge in [0.05, 0.1) is 11.1 Å². The molecule has 0 saturated heterocycles. The number of anilines is 1. The van der Waals surface area contributed by atoms with Crippen molar-refractivity contribution in [1.82, 2.24) is 25.1 Å². The molecule has 3 heterocycles. The summed E-state index contributed by atoms with van der Waals surface area (Å²) in [6.07, 6.45) is 5.42. The number of H-pyrrole nitrogens is 1. The molecule has 0 unspecified atom stereocenters. The maximum absolute atomic E-state index is 8.82. The Labute approximate surface area is 125 Å². The molecule has 0 amide bonds. The Morgan fingerprint density at radius 3 is 2.91 bits per heavy atom. The monoisotopic (exact) mass is 293 g/mol. The molecule has 0 radical (unpaired) electrons. The molecule has 8 heteroatoms. The Kier molecular flexibility index (Phi) is 2.66. The van der Waals surface area contributed by atoms with E-state index in [4.69, 9.17) is 15.5 Å². The summed E-state index contributed by atoms with van der Waals surface area (Å²) < 4.78 is 5.20. The standard InChI is InChI=1S/C14H11N7O/c15-4-7-3-10(17-5-7)14-20-13(21-22-14)9-6-18-12(8-1-2-8)19-11(9)16/h3,5-6,8,17H,1-2H2,(H2,16,18,19). The van der Waals surface area contributed by atoms with Crippen LogP contribution in [0.25, 0.3) is 23.0 Å². The summed E-state index contributed by atoms with van der Waals surface area (Å²) >= 11 is 0. The van der Waals surface area contributed by atoms with E-state index in [-0.39, 0.29) is 5.89 Å². The number of nitrogens with zero attached hydrogens (tertiary/aromatic N) is 5. The van der Waals surface area contributed by atoms with Crippen LogP contribution >= 0.6 is 0 Å². The van der Waals surface area contributed by atoms with Gasteiger partial charge < -0.3 is 15.2 Å². The van der Waals surface area contributed by atoms with E-state index in [1.165, 1.54) is 0 Å². The summed E-state index contributed by atoms with van der Waals surface area (Å²) in [7, 11) is 0. The van der Waals surface area contributed by atoms with Crippen LogP contribution in [0.15, 0.2) is 23.0 Å². The molecule has 3 N–H and O–H groups in total. The summed E-state index contributed by atoms with van der Waals surface area (Å²) in [6, 6.07) is 3.66. The molecule has 4 rings (SSSR count). The van der Waals surface area contributed by atoms with Gasteiger partial charge in [0, 0.05) is 18.3 Å². The van der Waals surface area contributed by atoms with Gasteiger partial charge >= 0.3 is 0 Å². The Morgan fingerprint density at radius 2 is 2.23 bits per heavy atom. The first-order valence-electron chi connectivity index (χ1n) is 6.80. The van der Waals surface area contributed by atoms with Gasteiger partial charge in [-0.1, -0.05) is 5.16 Å². The van der Waals surface area contributed by atoms with Crippen LogP contribution in [0.1, 0.15) is 30.1 Å². The summed E-state index contributed by atoms with van der Waals surface area (Å²) in [6.45, 7) is 0. The number of hydrogen-bond acceptors (Lipinski definition) is 7. The van der Waals surface area contributed by atoms with Crippen molar-refractivity contribution < 1.29 is 4.52 Å². The Balaban J connectivity index is 1.67. The summed E-state index contributed by atoms with van der Waals surface area (Å²) in [5.41, 5.74) is 7.57. The highest BCUT2D eigenvalue weighted by Gasteiger charge is 2.27. The predicted octanol–water partition coefficient (Wildman–Crippen LogP) is 1.85. The summed E-state index contributed by atoms with van der Waals surface area (Å²) in [4.78, 5) is 15.8. The lowest BCUT2D eigenvalue weighted by atomic mass is 10.2. The lowest BCUT2D eigenvalue weighted by Crippen LogP contribution is -2.01. The van der Waals surface area contributed by atoms with E-state index in [0.717, 1.165) is 18.7 Å². The van der Waals surface area contributed by atoms with Crippen molar-refractivity contribution in [3.05, 3.63) is 29.8 Å². The van der Waals surface area contributed by atoms with Crippen LogP contribution in [0, 0.1) is 11.3 Å². The molecule has 108 valence electrons. The lowest BCUT2D eigenvalue weighted by Gasteiger charge is -2.01. The number of nitriles is 1. The Morgan fingerprint density at radius 1 is 1.36 bits per heavy atom. The van der Waals surface area contributed by atoms with Crippen molar-refractivity contribution in [3.63, 3.8) is 0 Å². The average molecular weight is 293 g/mol. The van der Waals surface area contributed by atoms with Gasteiger partial charge in [-0.3, -0.25) is 0 Å². The van der Waals surface area contributed by atoms with Gasteiger partial charge in [-0.2, -0.15) is 10.2 Å². The maximum atomic E-state index is 8.82. The fraction of sp³-hybridized carbons (Fsp3) is 0.214. The van der Waals surface area contributed by atoms with Crippen molar-refractivity contribution in [3.8, 4) is 29.0 Å². The van der Waals surface area contributed by atoms with Crippen LogP contribution in [0.5, 0.6) is 0 Å². The highest BCUT2D eigenvalue weighted by Crippen LogP contribution is 2.38. The van der Waals surface area contributed by atoms with Crippen LogP contribution in [0.3, 0.4) is 0 Å². The summed E-state index contributed by atoms with van der Waals surface area (Å²) in [5.74, 6) is 2.15. The topological polar surface area (TPSA) is 130 Å². The minimum absolute atomic E-state index is 0.280. The number of aromatic nitrogens is 5. The van der Waals surface area contributed by atoms with Gasteiger partial charge in [0.2, 0.25) is 5.82 Å². The van der Waals surface area contributed by atoms with E-state index in [0.29, 0.717) is 34.4 Å². The van der Waals surface area contributed by atoms with Gasteiger partial charge in [0.25, 0.3) is 5.89 Å². The van der Waals surface area contributed by atoms with Crippen LogP contribution in [0.2, 0.25) is 0 Å². The third-order valence-corrected chi connectivity index (χ3v) is 3.49. The number of aromatic amines is 1. The summed E-state index contributed by atoms with van der Waals surface area (Å²) in [5, 5.41) is 12.7. The highest BCUT2D eigenvalue weighted by molar-refractivity contribution is 5.68. The molecular weight excluding hydrogens is 282 g/mol. The molecule has 0 aliphatic heterocycles. The number of nitrogens with one attached hydrogen (secondary N) is 1. The zero-order valence-electron chi connectivity index (χ0n) is 11.4. The lowest BCUT2D eigenvalue weighted by molar-refractivity contribution is 0.431. The quantitative estimate of drug-likeness (QED) is 0.753. The number of nitrogens with two attached hydrogens (primary N) is 1. The van der Waals surface area contributed by atoms with E-state index < -0.39 is 0 Å². The van der Waals surface area contributed by atoms with Crippen molar-refractivity contribution in [2.75, 3.05) is 5.73 Å². The normalized spacial score (nSPS) is 14.0. The molecule has 3 aromatic heterocycles. The maximum Gasteiger partial charge on any atom is 0.274 e. The molecule has 1 aliphatic rings. The average Bonchev–Trinajstić information content (AvgIpc) is 3.08. The first-order chi connectivity index (χ1) is 10.7. The molecule has 0 atom stereocenters. The molecule has 3 aromatic rings. The molecule has 22 heavy (non-hydrogen) atoms. The second-order valence-corrected chi connectivity index (χ2v) is 5.14. The zero-order valence-corrected chi connectivity index (χ0v) is 11.4. The van der Waals surface area contributed by atoms with E-state index in [2.05, 4.69) is 25.1 Å².